The molecule has 0 saturated heterocycles. The van der Waals surface area contributed by atoms with E-state index in [-0.39, 0.29) is 18.4 Å². The van der Waals surface area contributed by atoms with Crippen LogP contribution in [0.15, 0.2) is 24.3 Å². The van der Waals surface area contributed by atoms with Gasteiger partial charge in [-0.05, 0) is 37.2 Å². The zero-order valence-corrected chi connectivity index (χ0v) is 10.9. The molecule has 0 spiro atoms. The van der Waals surface area contributed by atoms with Gasteiger partial charge in [-0.2, -0.15) is 0 Å². The van der Waals surface area contributed by atoms with Gasteiger partial charge in [0.15, 0.2) is 0 Å². The molecular formula is C13H19N3O3. The third-order valence-electron chi connectivity index (χ3n) is 2.44. The Labute approximate surface area is 112 Å². The summed E-state index contributed by atoms with van der Waals surface area (Å²) in [4.78, 5) is 22.1. The van der Waals surface area contributed by atoms with Crippen LogP contribution in [0, 0.1) is 0 Å². The number of benzene rings is 1. The minimum Gasteiger partial charge on any atom is -0.497 e. The Morgan fingerprint density at radius 3 is 2.53 bits per heavy atom. The van der Waals surface area contributed by atoms with Crippen LogP contribution in [-0.2, 0) is 9.59 Å². The first-order chi connectivity index (χ1) is 9.11. The van der Waals surface area contributed by atoms with Crippen LogP contribution in [-0.4, -0.2) is 32.0 Å². The van der Waals surface area contributed by atoms with E-state index in [1.54, 1.807) is 31.4 Å². The van der Waals surface area contributed by atoms with Gasteiger partial charge in [-0.3, -0.25) is 9.59 Å². The molecule has 1 aromatic rings. The number of methoxy groups -OCH3 is 1. The molecule has 1 rings (SSSR count). The van der Waals surface area contributed by atoms with Crippen molar-refractivity contribution in [1.82, 2.24) is 5.32 Å². The predicted octanol–water partition coefficient (Wildman–Crippen LogP) is 0.489. The van der Waals surface area contributed by atoms with Crippen molar-refractivity contribution in [2.45, 2.75) is 12.8 Å². The summed E-state index contributed by atoms with van der Waals surface area (Å²) in [5.74, 6) is 0.274. The maximum atomic E-state index is 11.6. The largest absolute Gasteiger partial charge is 0.497 e. The van der Waals surface area contributed by atoms with E-state index in [0.717, 1.165) is 5.75 Å². The second-order valence-corrected chi connectivity index (χ2v) is 4.02. The molecule has 4 N–H and O–H groups in total. The summed E-state index contributed by atoms with van der Waals surface area (Å²) in [5, 5.41) is 5.68. The molecule has 0 aliphatic heterocycles. The first-order valence-corrected chi connectivity index (χ1v) is 6.04. The molecule has 0 aromatic heterocycles. The Hall–Kier alpha value is -2.08. The number of ether oxygens (including phenoxy) is 1. The lowest BCUT2D eigenvalue weighted by molar-refractivity contribution is -0.118. The van der Waals surface area contributed by atoms with E-state index in [1.807, 2.05) is 0 Å². The lowest BCUT2D eigenvalue weighted by atomic mass is 10.3. The molecule has 6 nitrogen and oxygen atoms in total. The van der Waals surface area contributed by atoms with Crippen molar-refractivity contribution in [2.24, 2.45) is 5.73 Å². The zero-order valence-electron chi connectivity index (χ0n) is 10.9. The monoisotopic (exact) mass is 265 g/mol. The smallest absolute Gasteiger partial charge is 0.238 e. The average Bonchev–Trinajstić information content (AvgIpc) is 2.39. The summed E-state index contributed by atoms with van der Waals surface area (Å²) < 4.78 is 5.02. The quantitative estimate of drug-likeness (QED) is 0.596. The van der Waals surface area contributed by atoms with E-state index in [2.05, 4.69) is 10.6 Å². The fourth-order valence-electron chi connectivity index (χ4n) is 1.47. The van der Waals surface area contributed by atoms with Gasteiger partial charge in [-0.1, -0.05) is 0 Å². The average molecular weight is 265 g/mol. The molecule has 0 aliphatic rings. The van der Waals surface area contributed by atoms with Crippen LogP contribution in [0.2, 0.25) is 0 Å². The number of hydrogen-bond donors (Lipinski definition) is 3. The third-order valence-corrected chi connectivity index (χ3v) is 2.44. The molecule has 0 heterocycles. The van der Waals surface area contributed by atoms with Gasteiger partial charge < -0.3 is 21.1 Å². The van der Waals surface area contributed by atoms with Gasteiger partial charge in [0.25, 0.3) is 0 Å². The van der Waals surface area contributed by atoms with Crippen LogP contribution in [0.3, 0.4) is 0 Å². The fourth-order valence-corrected chi connectivity index (χ4v) is 1.47. The van der Waals surface area contributed by atoms with Gasteiger partial charge in [0.2, 0.25) is 11.8 Å². The van der Waals surface area contributed by atoms with Crippen molar-refractivity contribution in [3.8, 4) is 5.75 Å². The number of rotatable bonds is 8. The van der Waals surface area contributed by atoms with Gasteiger partial charge in [0, 0.05) is 12.1 Å². The van der Waals surface area contributed by atoms with Crippen LogP contribution < -0.4 is 21.1 Å². The Morgan fingerprint density at radius 2 is 1.95 bits per heavy atom. The minimum atomic E-state index is -0.329. The number of amides is 2. The van der Waals surface area contributed by atoms with Crippen LogP contribution in [0.1, 0.15) is 12.8 Å². The lowest BCUT2D eigenvalue weighted by Crippen LogP contribution is -2.29. The van der Waals surface area contributed by atoms with Gasteiger partial charge >= 0.3 is 0 Å². The van der Waals surface area contributed by atoms with Crippen molar-refractivity contribution in [3.05, 3.63) is 24.3 Å². The molecule has 19 heavy (non-hydrogen) atoms. The van der Waals surface area contributed by atoms with Gasteiger partial charge in [-0.15, -0.1) is 0 Å². The van der Waals surface area contributed by atoms with Crippen LogP contribution in [0.5, 0.6) is 5.75 Å². The Kier molecular flexibility index (Phi) is 6.38. The van der Waals surface area contributed by atoms with Gasteiger partial charge in [0.1, 0.15) is 5.75 Å². The highest BCUT2D eigenvalue weighted by molar-refractivity contribution is 5.92. The standard InChI is InChI=1S/C13H19N3O3/c1-19-11-6-4-10(5-7-11)16-13(18)9-15-8-2-3-12(14)17/h4-7,15H,2-3,8-9H2,1H3,(H2,14,17)(H,16,18). The second-order valence-electron chi connectivity index (χ2n) is 4.02. The van der Waals surface area contributed by atoms with Crippen molar-refractivity contribution in [1.29, 1.82) is 0 Å². The maximum absolute atomic E-state index is 11.6. The van der Waals surface area contributed by atoms with Gasteiger partial charge in [-0.25, -0.2) is 0 Å². The van der Waals surface area contributed by atoms with Crippen molar-refractivity contribution in [2.75, 3.05) is 25.5 Å². The number of nitrogens with one attached hydrogen (secondary N) is 2. The fraction of sp³-hybridized carbons (Fsp3) is 0.385. The van der Waals surface area contributed by atoms with E-state index in [0.29, 0.717) is 25.1 Å². The summed E-state index contributed by atoms with van der Waals surface area (Å²) in [7, 11) is 1.59. The van der Waals surface area contributed by atoms with Gasteiger partial charge in [0.05, 0.1) is 13.7 Å². The van der Waals surface area contributed by atoms with Crippen molar-refractivity contribution in [3.63, 3.8) is 0 Å². The number of nitrogens with two attached hydrogens (primary N) is 1. The molecule has 2 amide bonds. The van der Waals surface area contributed by atoms with E-state index in [1.165, 1.54) is 0 Å². The molecule has 0 bridgehead atoms. The SMILES string of the molecule is COc1ccc(NC(=O)CNCCCC(N)=O)cc1. The lowest BCUT2D eigenvalue weighted by Gasteiger charge is -2.07. The highest BCUT2D eigenvalue weighted by Gasteiger charge is 2.02. The topological polar surface area (TPSA) is 93.4 Å². The number of carbonyl (C=O) groups excluding carboxylic acids is 2. The maximum Gasteiger partial charge on any atom is 0.238 e. The predicted molar refractivity (Wildman–Crippen MR) is 72.9 cm³/mol. The molecule has 6 heteroatoms. The molecule has 0 atom stereocenters. The van der Waals surface area contributed by atoms with Crippen molar-refractivity contribution < 1.29 is 14.3 Å². The molecular weight excluding hydrogens is 246 g/mol. The zero-order chi connectivity index (χ0) is 14.1. The summed E-state index contributed by atoms with van der Waals surface area (Å²) in [6.45, 7) is 0.782. The number of carbonyl (C=O) groups is 2. The van der Waals surface area contributed by atoms with Crippen molar-refractivity contribution >= 4 is 17.5 Å². The molecule has 0 radical (unpaired) electrons. The molecule has 0 saturated carbocycles. The first kappa shape index (κ1) is 15.0. The molecule has 1 aromatic carbocycles. The Balaban J connectivity index is 2.21. The molecule has 0 fully saturated rings. The normalized spacial score (nSPS) is 9.95. The minimum absolute atomic E-state index is 0.135. The Morgan fingerprint density at radius 1 is 1.26 bits per heavy atom. The van der Waals surface area contributed by atoms with Crippen LogP contribution in [0.4, 0.5) is 5.69 Å². The Bertz CT molecular complexity index is 418. The highest BCUT2D eigenvalue weighted by Crippen LogP contribution is 2.14. The van der Waals surface area contributed by atoms with Crippen LogP contribution in [0.25, 0.3) is 0 Å². The highest BCUT2D eigenvalue weighted by atomic mass is 16.5. The summed E-state index contributed by atoms with van der Waals surface area (Å²) in [6.07, 6.45) is 0.957. The third kappa shape index (κ3) is 6.42. The second kappa shape index (κ2) is 8.10. The van der Waals surface area contributed by atoms with Crippen LogP contribution >= 0.6 is 0 Å². The number of anilines is 1. The molecule has 0 unspecified atom stereocenters. The van der Waals surface area contributed by atoms with E-state index < -0.39 is 0 Å². The number of primary amides is 1. The van der Waals surface area contributed by atoms with E-state index in [4.69, 9.17) is 10.5 Å². The number of hydrogen-bond acceptors (Lipinski definition) is 4. The first-order valence-electron chi connectivity index (χ1n) is 6.04. The summed E-state index contributed by atoms with van der Waals surface area (Å²) >= 11 is 0. The van der Waals surface area contributed by atoms with E-state index in [9.17, 15) is 9.59 Å². The molecule has 0 aliphatic carbocycles. The summed E-state index contributed by atoms with van der Waals surface area (Å²) in [6, 6.07) is 7.08. The van der Waals surface area contributed by atoms with E-state index >= 15 is 0 Å². The summed E-state index contributed by atoms with van der Waals surface area (Å²) in [5.41, 5.74) is 5.72. The molecule has 104 valence electrons.